The Hall–Kier alpha value is -2.41. The molecule has 0 radical (unpaired) electrons. The number of aromatic amines is 1. The van der Waals surface area contributed by atoms with E-state index in [1.807, 2.05) is 0 Å². The van der Waals surface area contributed by atoms with Crippen molar-refractivity contribution in [3.63, 3.8) is 0 Å². The number of halogens is 4. The minimum absolute atomic E-state index is 0.0227. The van der Waals surface area contributed by atoms with Gasteiger partial charge in [-0.05, 0) is 36.8 Å². The van der Waals surface area contributed by atoms with Crippen LogP contribution >= 0.6 is 23.8 Å². The second-order valence-electron chi connectivity index (χ2n) is 7.29. The van der Waals surface area contributed by atoms with E-state index in [0.29, 0.717) is 11.1 Å². The Bertz CT molecular complexity index is 1120. The number of benzene rings is 1. The van der Waals surface area contributed by atoms with Gasteiger partial charge in [0.1, 0.15) is 12.3 Å². The Morgan fingerprint density at radius 2 is 2.09 bits per heavy atom. The number of nitrogens with one attached hydrogen (secondary N) is 3. The van der Waals surface area contributed by atoms with Crippen LogP contribution in [0.5, 0.6) is 0 Å². The molecule has 3 rings (SSSR count). The van der Waals surface area contributed by atoms with Crippen molar-refractivity contribution in [2.24, 2.45) is 0 Å². The minimum atomic E-state index is -4.56. The molecule has 0 amide bonds. The highest BCUT2D eigenvalue weighted by atomic mass is 35.5. The van der Waals surface area contributed by atoms with Crippen LogP contribution in [-0.4, -0.2) is 38.5 Å². The van der Waals surface area contributed by atoms with E-state index in [1.165, 1.54) is 22.9 Å². The molecule has 8 nitrogen and oxygen atoms in total. The standard InChI is InChI=1S/C19H20ClF3N4O4S/c1-9-8-27(18(30)26-16(9)29)15-5-13(28)14(31-15)7-25-17(32)24-6-10-2-3-12(20)11(4-10)19(21,22)23/h2-4,8,13-15,28H,5-7H2,1H3,(H2,24,25,32)(H,26,29,30)/t13-,14+,15-/m0/s1. The van der Waals surface area contributed by atoms with Gasteiger partial charge in [0, 0.05) is 31.3 Å². The highest BCUT2D eigenvalue weighted by Gasteiger charge is 2.36. The minimum Gasteiger partial charge on any atom is -0.390 e. The number of hydrogen-bond donors (Lipinski definition) is 4. The van der Waals surface area contributed by atoms with Crippen LogP contribution in [0.3, 0.4) is 0 Å². The van der Waals surface area contributed by atoms with Crippen molar-refractivity contribution in [3.8, 4) is 0 Å². The van der Waals surface area contributed by atoms with Gasteiger partial charge in [0.05, 0.1) is 16.7 Å². The normalized spacial score (nSPS) is 20.9. The van der Waals surface area contributed by atoms with Crippen LogP contribution in [0.25, 0.3) is 0 Å². The fraction of sp³-hybridized carbons (Fsp3) is 0.421. The maximum Gasteiger partial charge on any atom is 0.417 e. The third-order valence-electron chi connectivity index (χ3n) is 4.91. The molecule has 2 heterocycles. The summed E-state index contributed by atoms with van der Waals surface area (Å²) in [5.41, 5.74) is -1.42. The predicted molar refractivity (Wildman–Crippen MR) is 114 cm³/mol. The van der Waals surface area contributed by atoms with Crippen LogP contribution in [0.1, 0.15) is 29.3 Å². The van der Waals surface area contributed by atoms with Crippen LogP contribution in [0.2, 0.25) is 5.02 Å². The quantitative estimate of drug-likeness (QED) is 0.472. The van der Waals surface area contributed by atoms with Gasteiger partial charge in [-0.2, -0.15) is 13.2 Å². The Morgan fingerprint density at radius 1 is 1.38 bits per heavy atom. The van der Waals surface area contributed by atoms with Gasteiger partial charge >= 0.3 is 11.9 Å². The highest BCUT2D eigenvalue weighted by molar-refractivity contribution is 7.80. The Labute approximate surface area is 190 Å². The number of nitrogens with zero attached hydrogens (tertiary/aromatic N) is 1. The molecule has 1 aromatic heterocycles. The van der Waals surface area contributed by atoms with E-state index >= 15 is 0 Å². The summed E-state index contributed by atoms with van der Waals surface area (Å²) in [5, 5.41) is 15.6. The van der Waals surface area contributed by atoms with E-state index in [9.17, 15) is 27.9 Å². The number of aliphatic hydroxyl groups excluding tert-OH is 1. The molecule has 0 saturated carbocycles. The molecule has 2 aromatic rings. The summed E-state index contributed by atoms with van der Waals surface area (Å²) < 4.78 is 45.8. The van der Waals surface area contributed by atoms with Crippen molar-refractivity contribution in [1.82, 2.24) is 20.2 Å². The smallest absolute Gasteiger partial charge is 0.390 e. The molecular formula is C19H20ClF3N4O4S. The predicted octanol–water partition coefficient (Wildman–Crippen LogP) is 1.83. The number of hydrogen-bond acceptors (Lipinski definition) is 5. The Morgan fingerprint density at radius 3 is 2.78 bits per heavy atom. The number of thiocarbonyl (C=S) groups is 1. The van der Waals surface area contributed by atoms with Crippen molar-refractivity contribution in [3.05, 3.63) is 66.9 Å². The largest absolute Gasteiger partial charge is 0.417 e. The number of rotatable bonds is 5. The molecule has 1 aliphatic heterocycles. The average molecular weight is 493 g/mol. The summed E-state index contributed by atoms with van der Waals surface area (Å²) >= 11 is 10.7. The molecule has 32 heavy (non-hydrogen) atoms. The monoisotopic (exact) mass is 492 g/mol. The third kappa shape index (κ3) is 5.68. The van der Waals surface area contributed by atoms with Gasteiger partial charge in [0.25, 0.3) is 5.56 Å². The van der Waals surface area contributed by atoms with Crippen molar-refractivity contribution >= 4 is 28.9 Å². The first-order valence-electron chi connectivity index (χ1n) is 9.48. The number of aryl methyl sites for hydroxylation is 1. The van der Waals surface area contributed by atoms with Crippen molar-refractivity contribution in [1.29, 1.82) is 0 Å². The number of H-pyrrole nitrogens is 1. The second kappa shape index (κ2) is 9.61. The lowest BCUT2D eigenvalue weighted by atomic mass is 10.1. The first-order chi connectivity index (χ1) is 15.0. The molecule has 13 heteroatoms. The fourth-order valence-corrected chi connectivity index (χ4v) is 3.59. The molecule has 1 aromatic carbocycles. The van der Waals surface area contributed by atoms with Crippen LogP contribution in [0.4, 0.5) is 13.2 Å². The van der Waals surface area contributed by atoms with Gasteiger partial charge in [0.15, 0.2) is 5.11 Å². The van der Waals surface area contributed by atoms with Crippen LogP contribution in [0, 0.1) is 6.92 Å². The summed E-state index contributed by atoms with van der Waals surface area (Å²) in [6, 6.07) is 3.56. The average Bonchev–Trinajstić information content (AvgIpc) is 3.08. The van der Waals surface area contributed by atoms with Crippen molar-refractivity contribution in [2.45, 2.75) is 44.5 Å². The first-order valence-corrected chi connectivity index (χ1v) is 10.3. The zero-order valence-electron chi connectivity index (χ0n) is 16.7. The third-order valence-corrected chi connectivity index (χ3v) is 5.53. The van der Waals surface area contributed by atoms with Gasteiger partial charge in [-0.1, -0.05) is 17.7 Å². The van der Waals surface area contributed by atoms with Crippen LogP contribution < -0.4 is 21.9 Å². The van der Waals surface area contributed by atoms with E-state index in [4.69, 9.17) is 28.6 Å². The van der Waals surface area contributed by atoms with E-state index in [0.717, 1.165) is 6.07 Å². The Balaban J connectivity index is 1.54. The summed E-state index contributed by atoms with van der Waals surface area (Å²) in [7, 11) is 0. The highest BCUT2D eigenvalue weighted by Crippen LogP contribution is 2.35. The number of aliphatic hydroxyl groups is 1. The lowest BCUT2D eigenvalue weighted by molar-refractivity contribution is -0.137. The molecule has 3 atom stereocenters. The zero-order chi connectivity index (χ0) is 23.6. The molecule has 4 N–H and O–H groups in total. The van der Waals surface area contributed by atoms with E-state index in [1.54, 1.807) is 6.92 Å². The van der Waals surface area contributed by atoms with Crippen LogP contribution in [0.15, 0.2) is 34.0 Å². The molecule has 0 aliphatic carbocycles. The SMILES string of the molecule is Cc1cn([C@@H]2C[C@H](O)[C@@H](CNC(=S)NCc3ccc(Cl)c(C(F)(F)F)c3)O2)c(=O)[nH]c1=O. The molecule has 174 valence electrons. The molecule has 1 saturated heterocycles. The molecule has 0 unspecified atom stereocenters. The van der Waals surface area contributed by atoms with E-state index in [-0.39, 0.29) is 29.6 Å². The van der Waals surface area contributed by atoms with Crippen molar-refractivity contribution in [2.75, 3.05) is 6.54 Å². The number of aromatic nitrogens is 2. The van der Waals surface area contributed by atoms with Crippen molar-refractivity contribution < 1.29 is 23.0 Å². The first kappa shape index (κ1) is 24.2. The molecule has 1 aliphatic rings. The molecule has 1 fully saturated rings. The zero-order valence-corrected chi connectivity index (χ0v) is 18.3. The number of ether oxygens (including phenoxy) is 1. The molecule has 0 bridgehead atoms. The van der Waals surface area contributed by atoms with Gasteiger partial charge in [-0.25, -0.2) is 4.79 Å². The lowest BCUT2D eigenvalue weighted by Gasteiger charge is -2.18. The second-order valence-corrected chi connectivity index (χ2v) is 8.10. The Kier molecular flexibility index (Phi) is 7.28. The maximum atomic E-state index is 13.0. The van der Waals surface area contributed by atoms with Crippen LogP contribution in [-0.2, 0) is 17.5 Å². The fourth-order valence-electron chi connectivity index (χ4n) is 3.21. The summed E-state index contributed by atoms with van der Waals surface area (Å²) in [6.07, 6.45) is -5.45. The van der Waals surface area contributed by atoms with Gasteiger partial charge in [-0.15, -0.1) is 0 Å². The van der Waals surface area contributed by atoms with E-state index < -0.39 is 41.4 Å². The molecular weight excluding hydrogens is 473 g/mol. The topological polar surface area (TPSA) is 108 Å². The van der Waals surface area contributed by atoms with Gasteiger partial charge in [0.2, 0.25) is 0 Å². The summed E-state index contributed by atoms with van der Waals surface area (Å²) in [5.74, 6) is 0. The lowest BCUT2D eigenvalue weighted by Crippen LogP contribution is -2.42. The van der Waals surface area contributed by atoms with Gasteiger partial charge < -0.3 is 20.5 Å². The molecule has 0 spiro atoms. The summed E-state index contributed by atoms with van der Waals surface area (Å²) in [4.78, 5) is 25.7. The maximum absolute atomic E-state index is 13.0. The van der Waals surface area contributed by atoms with Gasteiger partial charge in [-0.3, -0.25) is 14.3 Å². The number of alkyl halides is 3. The van der Waals surface area contributed by atoms with E-state index in [2.05, 4.69) is 15.6 Å². The summed E-state index contributed by atoms with van der Waals surface area (Å²) in [6.45, 7) is 1.66.